The fourth-order valence-electron chi connectivity index (χ4n) is 1.77. The molecule has 1 nitrogen and oxygen atoms in total. The normalized spacial score (nSPS) is 25.8. The van der Waals surface area contributed by atoms with Crippen molar-refractivity contribution in [1.82, 2.24) is 0 Å². The minimum absolute atomic E-state index is 0.121. The van der Waals surface area contributed by atoms with E-state index < -0.39 is 5.54 Å². The van der Waals surface area contributed by atoms with Gasteiger partial charge in [-0.05, 0) is 18.1 Å². The molecule has 0 spiro atoms. The average Bonchev–Trinajstić information content (AvgIpc) is 2.26. The number of halogens is 1. The highest BCUT2D eigenvalue weighted by Crippen LogP contribution is 2.33. The van der Waals surface area contributed by atoms with Crippen molar-refractivity contribution < 1.29 is 4.39 Å². The van der Waals surface area contributed by atoms with Gasteiger partial charge in [0.15, 0.2) is 0 Å². The molecule has 1 aliphatic carbocycles. The number of benzene rings is 1. The van der Waals surface area contributed by atoms with Gasteiger partial charge >= 0.3 is 0 Å². The number of nitrogens with two attached hydrogens (primary N) is 1. The third-order valence-electron chi connectivity index (χ3n) is 2.82. The zero-order valence-electron chi connectivity index (χ0n) is 8.70. The second-order valence-electron chi connectivity index (χ2n) is 4.00. The van der Waals surface area contributed by atoms with E-state index in [1.165, 1.54) is 0 Å². The van der Waals surface area contributed by atoms with Gasteiger partial charge in [-0.1, -0.05) is 42.5 Å². The van der Waals surface area contributed by atoms with Crippen LogP contribution in [0.3, 0.4) is 0 Å². The summed E-state index contributed by atoms with van der Waals surface area (Å²) in [6, 6.07) is 9.62. The molecule has 0 radical (unpaired) electrons. The number of hydrogen-bond acceptors (Lipinski definition) is 1. The Hall–Kier alpha value is -1.41. The van der Waals surface area contributed by atoms with Crippen LogP contribution in [0.2, 0.25) is 0 Å². The Morgan fingerprint density at radius 1 is 1.27 bits per heavy atom. The van der Waals surface area contributed by atoms with Crippen molar-refractivity contribution in [3.63, 3.8) is 0 Å². The molecule has 1 aromatic rings. The van der Waals surface area contributed by atoms with Gasteiger partial charge in [-0.25, -0.2) is 4.39 Å². The van der Waals surface area contributed by atoms with Gasteiger partial charge in [0.1, 0.15) is 5.83 Å². The highest BCUT2D eigenvalue weighted by Gasteiger charge is 2.28. The van der Waals surface area contributed by atoms with Crippen LogP contribution in [-0.4, -0.2) is 0 Å². The Bertz CT molecular complexity index is 419. The van der Waals surface area contributed by atoms with Gasteiger partial charge in [-0.15, -0.1) is 0 Å². The summed E-state index contributed by atoms with van der Waals surface area (Å²) in [6.45, 7) is 1.76. The number of hydrogen-bond donors (Lipinski definition) is 1. The molecule has 0 bridgehead atoms. The summed E-state index contributed by atoms with van der Waals surface area (Å²) in [5.41, 5.74) is 7.10. The summed E-state index contributed by atoms with van der Waals surface area (Å²) in [5.74, 6) is -0.121. The van der Waals surface area contributed by atoms with Crippen LogP contribution < -0.4 is 5.73 Å². The lowest BCUT2D eigenvalue weighted by atomic mass is 9.83. The highest BCUT2D eigenvalue weighted by molar-refractivity contribution is 5.38. The molecule has 2 N–H and O–H groups in total. The van der Waals surface area contributed by atoms with Gasteiger partial charge in [0.05, 0.1) is 5.54 Å². The SMILES string of the molecule is CC1=C(F)C[C@](N)(c2ccccc2)C=C1. The maximum atomic E-state index is 13.5. The quantitative estimate of drug-likeness (QED) is 0.745. The maximum Gasteiger partial charge on any atom is 0.105 e. The smallest absolute Gasteiger partial charge is 0.105 e. The molecule has 0 saturated heterocycles. The van der Waals surface area contributed by atoms with Crippen molar-refractivity contribution in [3.05, 3.63) is 59.4 Å². The van der Waals surface area contributed by atoms with E-state index in [0.717, 1.165) is 5.56 Å². The molecule has 2 heteroatoms. The summed E-state index contributed by atoms with van der Waals surface area (Å²) < 4.78 is 13.5. The van der Waals surface area contributed by atoms with Gasteiger partial charge in [-0.3, -0.25) is 0 Å². The van der Waals surface area contributed by atoms with Gasteiger partial charge in [0.25, 0.3) is 0 Å². The molecule has 1 atom stereocenters. The van der Waals surface area contributed by atoms with Gasteiger partial charge in [0.2, 0.25) is 0 Å². The van der Waals surface area contributed by atoms with Crippen molar-refractivity contribution >= 4 is 0 Å². The van der Waals surface area contributed by atoms with E-state index in [1.54, 1.807) is 13.0 Å². The Kier molecular flexibility index (Phi) is 2.45. The summed E-state index contributed by atoms with van der Waals surface area (Å²) in [7, 11) is 0. The lowest BCUT2D eigenvalue weighted by molar-refractivity contribution is 0.460. The molecule has 0 fully saturated rings. The van der Waals surface area contributed by atoms with Gasteiger partial charge in [0, 0.05) is 6.42 Å². The largest absolute Gasteiger partial charge is 0.318 e. The summed E-state index contributed by atoms with van der Waals surface area (Å²) in [6.07, 6.45) is 3.88. The topological polar surface area (TPSA) is 26.0 Å². The van der Waals surface area contributed by atoms with Crippen LogP contribution in [0.5, 0.6) is 0 Å². The molecule has 0 saturated carbocycles. The van der Waals surface area contributed by atoms with Crippen molar-refractivity contribution in [2.45, 2.75) is 18.9 Å². The van der Waals surface area contributed by atoms with E-state index in [2.05, 4.69) is 0 Å². The highest BCUT2D eigenvalue weighted by atomic mass is 19.1. The molecule has 0 aromatic heterocycles. The summed E-state index contributed by atoms with van der Waals surface area (Å²) in [4.78, 5) is 0. The second kappa shape index (κ2) is 3.63. The molecule has 15 heavy (non-hydrogen) atoms. The van der Waals surface area contributed by atoms with E-state index >= 15 is 0 Å². The molecular weight excluding hydrogens is 189 g/mol. The van der Waals surface area contributed by atoms with Crippen molar-refractivity contribution in [1.29, 1.82) is 0 Å². The zero-order valence-corrected chi connectivity index (χ0v) is 8.70. The standard InChI is InChI=1S/C13H14FN/c1-10-7-8-13(15,9-12(10)14)11-5-3-2-4-6-11/h2-8H,9,15H2,1H3/t13-/m0/s1. The fourth-order valence-corrected chi connectivity index (χ4v) is 1.77. The Morgan fingerprint density at radius 3 is 2.53 bits per heavy atom. The minimum atomic E-state index is -0.690. The van der Waals surface area contributed by atoms with Crippen molar-refractivity contribution in [3.8, 4) is 0 Å². The third-order valence-corrected chi connectivity index (χ3v) is 2.82. The molecule has 0 heterocycles. The maximum absolute atomic E-state index is 13.5. The first kappa shape index (κ1) is 10.1. The van der Waals surface area contributed by atoms with Crippen LogP contribution in [0.4, 0.5) is 4.39 Å². The van der Waals surface area contributed by atoms with E-state index in [9.17, 15) is 4.39 Å². The van der Waals surface area contributed by atoms with Crippen molar-refractivity contribution in [2.24, 2.45) is 5.73 Å². The third kappa shape index (κ3) is 1.85. The molecule has 0 unspecified atom stereocenters. The van der Waals surface area contributed by atoms with Crippen LogP contribution in [-0.2, 0) is 5.54 Å². The first-order valence-electron chi connectivity index (χ1n) is 5.01. The Morgan fingerprint density at radius 2 is 1.93 bits per heavy atom. The second-order valence-corrected chi connectivity index (χ2v) is 4.00. The fraction of sp³-hybridized carbons (Fsp3) is 0.231. The Balaban J connectivity index is 2.36. The average molecular weight is 203 g/mol. The van der Waals surface area contributed by atoms with Crippen LogP contribution in [0.25, 0.3) is 0 Å². The molecule has 1 aliphatic rings. The van der Waals surface area contributed by atoms with Crippen LogP contribution >= 0.6 is 0 Å². The number of rotatable bonds is 1. The predicted molar refractivity (Wildman–Crippen MR) is 59.9 cm³/mol. The van der Waals surface area contributed by atoms with E-state index in [0.29, 0.717) is 5.57 Å². The first-order valence-corrected chi connectivity index (χ1v) is 5.01. The van der Waals surface area contributed by atoms with Gasteiger partial charge < -0.3 is 5.73 Å². The molecule has 0 aliphatic heterocycles. The summed E-state index contributed by atoms with van der Waals surface area (Å²) >= 11 is 0. The van der Waals surface area contributed by atoms with E-state index in [1.807, 2.05) is 36.4 Å². The Labute approximate surface area is 89.1 Å². The molecule has 0 amide bonds. The lowest BCUT2D eigenvalue weighted by Gasteiger charge is -2.29. The zero-order chi connectivity index (χ0) is 10.9. The predicted octanol–water partition coefficient (Wildman–Crippen LogP) is 3.04. The monoisotopic (exact) mass is 203 g/mol. The summed E-state index contributed by atoms with van der Waals surface area (Å²) in [5, 5.41) is 0. The molecular formula is C13H14FN. The van der Waals surface area contributed by atoms with Crippen LogP contribution in [0.15, 0.2) is 53.9 Å². The first-order chi connectivity index (χ1) is 7.12. The van der Waals surface area contributed by atoms with E-state index in [4.69, 9.17) is 5.73 Å². The number of allylic oxidation sites excluding steroid dienone is 2. The van der Waals surface area contributed by atoms with Gasteiger partial charge in [-0.2, -0.15) is 0 Å². The minimum Gasteiger partial charge on any atom is -0.318 e. The van der Waals surface area contributed by atoms with Crippen LogP contribution in [0.1, 0.15) is 18.9 Å². The van der Waals surface area contributed by atoms with Crippen molar-refractivity contribution in [2.75, 3.05) is 0 Å². The molecule has 78 valence electrons. The lowest BCUT2D eigenvalue weighted by Crippen LogP contribution is -2.36. The van der Waals surface area contributed by atoms with Crippen LogP contribution in [0, 0.1) is 0 Å². The molecule has 1 aromatic carbocycles. The molecule has 2 rings (SSSR count). The van der Waals surface area contributed by atoms with E-state index in [-0.39, 0.29) is 12.2 Å².